The monoisotopic (exact) mass is 620 g/mol. The van der Waals surface area contributed by atoms with Gasteiger partial charge in [0, 0.05) is 41.2 Å². The minimum Gasteiger partial charge on any atom is -0.352 e. The van der Waals surface area contributed by atoms with Crippen LogP contribution in [-0.2, 0) is 32.6 Å². The van der Waals surface area contributed by atoms with Crippen LogP contribution in [0.25, 0.3) is 0 Å². The van der Waals surface area contributed by atoms with Gasteiger partial charge in [-0.1, -0.05) is 65.7 Å². The summed E-state index contributed by atoms with van der Waals surface area (Å²) in [4.78, 5) is 39.5. The fraction of sp³-hybridized carbons (Fsp3) is 0.286. The average molecular weight is 622 g/mol. The standard InChI is InChI=1S/C28H30Cl2N4O6S/c1-19(2)31-28(36)26(14-20-8-5-4-6-9-20)32(17-21-12-13-22(29)15-25(21)30)27(35)18-33(41(3,39)40)23-10-7-11-24(16-23)34(37)38/h4-13,15-16,19,26H,14,17-18H2,1-3H3,(H,31,36). The number of hydrogen-bond acceptors (Lipinski definition) is 6. The highest BCUT2D eigenvalue weighted by Crippen LogP contribution is 2.26. The fourth-order valence-electron chi connectivity index (χ4n) is 4.14. The molecule has 0 saturated heterocycles. The van der Waals surface area contributed by atoms with Crippen molar-refractivity contribution in [3.8, 4) is 0 Å². The summed E-state index contributed by atoms with van der Waals surface area (Å²) in [6, 6.07) is 17.5. The zero-order valence-electron chi connectivity index (χ0n) is 22.7. The summed E-state index contributed by atoms with van der Waals surface area (Å²) in [5, 5.41) is 14.8. The smallest absolute Gasteiger partial charge is 0.271 e. The van der Waals surface area contributed by atoms with Crippen molar-refractivity contribution in [2.45, 2.75) is 38.9 Å². The van der Waals surface area contributed by atoms with E-state index in [4.69, 9.17) is 23.2 Å². The van der Waals surface area contributed by atoms with Gasteiger partial charge in [-0.3, -0.25) is 24.0 Å². The van der Waals surface area contributed by atoms with Crippen molar-refractivity contribution in [2.75, 3.05) is 17.1 Å². The predicted octanol–water partition coefficient (Wildman–Crippen LogP) is 4.83. The molecule has 0 bridgehead atoms. The first kappa shape index (κ1) is 31.9. The third kappa shape index (κ3) is 8.91. The van der Waals surface area contributed by atoms with E-state index in [1.165, 1.54) is 29.2 Å². The zero-order chi connectivity index (χ0) is 30.3. The Morgan fingerprint density at radius 2 is 1.68 bits per heavy atom. The van der Waals surface area contributed by atoms with Gasteiger partial charge >= 0.3 is 0 Å². The number of carbonyl (C=O) groups excluding carboxylic acids is 2. The SMILES string of the molecule is CC(C)NC(=O)C(Cc1ccccc1)N(Cc1ccc(Cl)cc1Cl)C(=O)CN(c1cccc([N+](=O)[O-])c1)S(C)(=O)=O. The van der Waals surface area contributed by atoms with E-state index in [0.717, 1.165) is 22.2 Å². The Labute approximate surface area is 249 Å². The van der Waals surface area contributed by atoms with Crippen LogP contribution < -0.4 is 9.62 Å². The first-order chi connectivity index (χ1) is 19.3. The summed E-state index contributed by atoms with van der Waals surface area (Å²) >= 11 is 12.5. The van der Waals surface area contributed by atoms with Crippen LogP contribution in [0.5, 0.6) is 0 Å². The normalized spacial score (nSPS) is 12.0. The van der Waals surface area contributed by atoms with Gasteiger partial charge in [0.05, 0.1) is 16.9 Å². The number of hydrogen-bond donors (Lipinski definition) is 1. The van der Waals surface area contributed by atoms with E-state index in [-0.39, 0.29) is 35.4 Å². The number of nitro groups is 1. The summed E-state index contributed by atoms with van der Waals surface area (Å²) in [6.45, 7) is 2.72. The van der Waals surface area contributed by atoms with Crippen LogP contribution in [-0.4, -0.2) is 54.9 Å². The lowest BCUT2D eigenvalue weighted by Crippen LogP contribution is -2.54. The van der Waals surface area contributed by atoms with Crippen LogP contribution in [0.3, 0.4) is 0 Å². The van der Waals surface area contributed by atoms with E-state index in [9.17, 15) is 28.1 Å². The zero-order valence-corrected chi connectivity index (χ0v) is 25.0. The van der Waals surface area contributed by atoms with Crippen LogP contribution >= 0.6 is 23.2 Å². The molecule has 0 aliphatic rings. The molecule has 0 heterocycles. The molecule has 0 spiro atoms. The number of amides is 2. The maximum absolute atomic E-state index is 14.0. The Balaban J connectivity index is 2.10. The second-order valence-electron chi connectivity index (χ2n) is 9.67. The molecular weight excluding hydrogens is 591 g/mol. The molecule has 0 saturated carbocycles. The van der Waals surface area contributed by atoms with E-state index in [1.807, 2.05) is 30.3 Å². The van der Waals surface area contributed by atoms with Crippen molar-refractivity contribution < 1.29 is 22.9 Å². The third-order valence-electron chi connectivity index (χ3n) is 6.07. The quantitative estimate of drug-likeness (QED) is 0.228. The van der Waals surface area contributed by atoms with Gasteiger partial charge in [-0.05, 0) is 43.2 Å². The van der Waals surface area contributed by atoms with E-state index in [2.05, 4.69) is 5.32 Å². The van der Waals surface area contributed by atoms with Crippen LogP contribution in [0.15, 0.2) is 72.8 Å². The fourth-order valence-corrected chi connectivity index (χ4v) is 5.45. The van der Waals surface area contributed by atoms with Crippen molar-refractivity contribution in [3.63, 3.8) is 0 Å². The molecular formula is C28H30Cl2N4O6S. The molecule has 0 aromatic heterocycles. The van der Waals surface area contributed by atoms with Crippen LogP contribution in [0.4, 0.5) is 11.4 Å². The summed E-state index contributed by atoms with van der Waals surface area (Å²) in [7, 11) is -4.08. The van der Waals surface area contributed by atoms with Gasteiger partial charge in [0.15, 0.2) is 0 Å². The number of anilines is 1. The average Bonchev–Trinajstić information content (AvgIpc) is 2.89. The lowest BCUT2D eigenvalue weighted by molar-refractivity contribution is -0.384. The second kappa shape index (κ2) is 13.8. The molecule has 0 radical (unpaired) electrons. The minimum atomic E-state index is -4.08. The highest BCUT2D eigenvalue weighted by Gasteiger charge is 2.34. The first-order valence-corrected chi connectivity index (χ1v) is 15.2. The van der Waals surface area contributed by atoms with Crippen molar-refractivity contribution in [1.29, 1.82) is 0 Å². The summed E-state index contributed by atoms with van der Waals surface area (Å²) in [5.74, 6) is -1.16. The molecule has 1 atom stereocenters. The Hall–Kier alpha value is -3.67. The number of benzene rings is 3. The lowest BCUT2D eigenvalue weighted by atomic mass is 10.0. The van der Waals surface area contributed by atoms with Crippen molar-refractivity contribution in [2.24, 2.45) is 0 Å². The number of rotatable bonds is 12. The Kier molecular flexibility index (Phi) is 10.7. The highest BCUT2D eigenvalue weighted by atomic mass is 35.5. The molecule has 2 amide bonds. The molecule has 218 valence electrons. The Morgan fingerprint density at radius 3 is 2.27 bits per heavy atom. The van der Waals surface area contributed by atoms with Gasteiger partial charge in [0.25, 0.3) is 5.69 Å². The van der Waals surface area contributed by atoms with Gasteiger partial charge in [0.1, 0.15) is 12.6 Å². The number of carbonyl (C=O) groups is 2. The highest BCUT2D eigenvalue weighted by molar-refractivity contribution is 7.92. The molecule has 3 aromatic carbocycles. The van der Waals surface area contributed by atoms with E-state index in [1.54, 1.807) is 26.0 Å². The molecule has 0 aliphatic heterocycles. The molecule has 3 rings (SSSR count). The Morgan fingerprint density at radius 1 is 1.00 bits per heavy atom. The summed E-state index contributed by atoms with van der Waals surface area (Å²) in [5.41, 5.74) is 0.855. The predicted molar refractivity (Wildman–Crippen MR) is 160 cm³/mol. The van der Waals surface area contributed by atoms with Crippen LogP contribution in [0, 0.1) is 10.1 Å². The van der Waals surface area contributed by atoms with Gasteiger partial charge < -0.3 is 10.2 Å². The molecule has 1 unspecified atom stereocenters. The number of halogens is 2. The summed E-state index contributed by atoms with van der Waals surface area (Å²) < 4.78 is 26.4. The van der Waals surface area contributed by atoms with Crippen LogP contribution in [0.1, 0.15) is 25.0 Å². The lowest BCUT2D eigenvalue weighted by Gasteiger charge is -2.34. The van der Waals surface area contributed by atoms with E-state index in [0.29, 0.717) is 10.6 Å². The molecule has 1 N–H and O–H groups in total. The summed E-state index contributed by atoms with van der Waals surface area (Å²) in [6.07, 6.45) is 1.03. The third-order valence-corrected chi connectivity index (χ3v) is 7.79. The number of non-ortho nitro benzene ring substituents is 1. The molecule has 0 fully saturated rings. The topological polar surface area (TPSA) is 130 Å². The maximum Gasteiger partial charge on any atom is 0.271 e. The van der Waals surface area contributed by atoms with Gasteiger partial charge in [-0.25, -0.2) is 8.42 Å². The molecule has 0 aliphatic carbocycles. The molecule has 10 nitrogen and oxygen atoms in total. The second-order valence-corrected chi connectivity index (χ2v) is 12.4. The maximum atomic E-state index is 14.0. The van der Waals surface area contributed by atoms with Crippen molar-refractivity contribution >= 4 is 56.4 Å². The largest absolute Gasteiger partial charge is 0.352 e. The van der Waals surface area contributed by atoms with Gasteiger partial charge in [-0.15, -0.1) is 0 Å². The number of nitro benzene ring substituents is 1. The van der Waals surface area contributed by atoms with Crippen molar-refractivity contribution in [1.82, 2.24) is 10.2 Å². The van der Waals surface area contributed by atoms with E-state index < -0.39 is 39.3 Å². The van der Waals surface area contributed by atoms with Gasteiger partial charge in [-0.2, -0.15) is 0 Å². The van der Waals surface area contributed by atoms with Crippen molar-refractivity contribution in [3.05, 3.63) is 104 Å². The molecule has 13 heteroatoms. The number of nitrogens with zero attached hydrogens (tertiary/aromatic N) is 3. The number of nitrogens with one attached hydrogen (secondary N) is 1. The minimum absolute atomic E-state index is 0.0641. The number of sulfonamides is 1. The van der Waals surface area contributed by atoms with Gasteiger partial charge in [0.2, 0.25) is 21.8 Å². The van der Waals surface area contributed by atoms with Crippen LogP contribution in [0.2, 0.25) is 10.0 Å². The molecule has 41 heavy (non-hydrogen) atoms. The Bertz CT molecular complexity index is 1520. The van der Waals surface area contributed by atoms with E-state index >= 15 is 0 Å². The first-order valence-electron chi connectivity index (χ1n) is 12.6. The molecule has 3 aromatic rings.